The molecule has 0 amide bonds. The smallest absolute Gasteiger partial charge is 0.156 e. The van der Waals surface area contributed by atoms with Gasteiger partial charge in [0, 0.05) is 0 Å². The Morgan fingerprint density at radius 2 is 1.31 bits per heavy atom. The van der Waals surface area contributed by atoms with E-state index in [0.29, 0.717) is 0 Å². The number of fused-ring (bicyclic) bond motifs is 1. The molecule has 0 nitrogen and oxygen atoms in total. The van der Waals surface area contributed by atoms with E-state index in [9.17, 15) is 0 Å². The first kappa shape index (κ1) is 11.3. The standard InChI is InChI=1S/C10H5Br2.Li/c11-9-6-10(12)8-5-3-1-2-4-7(8)9;/h1-5H;/q-1;+1. The quantitative estimate of drug-likeness (QED) is 0.504. The molecule has 0 aromatic rings. The molecule has 0 heterocycles. The molecule has 0 N–H and O–H groups in total. The first-order valence-electron chi connectivity index (χ1n) is 3.54. The molecule has 0 atom stereocenters. The van der Waals surface area contributed by atoms with Crippen molar-refractivity contribution >= 4 is 31.9 Å². The summed E-state index contributed by atoms with van der Waals surface area (Å²) < 4.78 is 2.03. The number of hydrogen-bond acceptors (Lipinski definition) is 0. The van der Waals surface area contributed by atoms with Gasteiger partial charge in [0.05, 0.1) is 0 Å². The second-order valence-electron chi connectivity index (χ2n) is 2.49. The van der Waals surface area contributed by atoms with Crippen LogP contribution in [0.3, 0.4) is 0 Å². The zero-order valence-corrected chi connectivity index (χ0v) is 10.3. The van der Waals surface area contributed by atoms with Crippen molar-refractivity contribution in [2.75, 3.05) is 0 Å². The van der Waals surface area contributed by atoms with Gasteiger partial charge in [-0.05, 0) is 0 Å². The van der Waals surface area contributed by atoms with Crippen molar-refractivity contribution in [3.05, 3.63) is 45.3 Å². The van der Waals surface area contributed by atoms with Crippen LogP contribution >= 0.6 is 31.9 Å². The van der Waals surface area contributed by atoms with Gasteiger partial charge in [-0.15, -0.1) is 12.1 Å². The van der Waals surface area contributed by atoms with Crippen LogP contribution in [0.4, 0.5) is 0 Å². The molecule has 0 unspecified atom stereocenters. The topological polar surface area (TPSA) is 0 Å². The molecule has 3 heteroatoms. The first-order chi connectivity index (χ1) is 5.79. The summed E-state index contributed by atoms with van der Waals surface area (Å²) in [5.41, 5.74) is 2.37. The molecule has 0 bridgehead atoms. The van der Waals surface area contributed by atoms with Gasteiger partial charge in [-0.3, -0.25) is 0 Å². The van der Waals surface area contributed by atoms with Gasteiger partial charge >= 0.3 is 18.9 Å². The summed E-state index contributed by atoms with van der Waals surface area (Å²) in [6, 6.07) is 13.4. The van der Waals surface area contributed by atoms with E-state index >= 15 is 0 Å². The van der Waals surface area contributed by atoms with E-state index in [1.807, 2.05) is 18.2 Å². The van der Waals surface area contributed by atoms with Gasteiger partial charge in [0.1, 0.15) is 0 Å². The van der Waals surface area contributed by atoms with Crippen LogP contribution in [0.25, 0.3) is 11.1 Å². The fourth-order valence-corrected chi connectivity index (χ4v) is 2.52. The maximum Gasteiger partial charge on any atom is 1.00 e. The minimum absolute atomic E-state index is 0. The summed E-state index contributed by atoms with van der Waals surface area (Å²) in [4.78, 5) is 0. The number of halogens is 2. The van der Waals surface area contributed by atoms with E-state index in [2.05, 4.69) is 50.1 Å². The van der Waals surface area contributed by atoms with Gasteiger partial charge in [-0.25, -0.2) is 0 Å². The Balaban J connectivity index is 0.000000845. The average Bonchev–Trinajstić information content (AvgIpc) is 2.29. The predicted octanol–water partition coefficient (Wildman–Crippen LogP) is 1.12. The van der Waals surface area contributed by atoms with Crippen LogP contribution in [-0.4, -0.2) is 0 Å². The van der Waals surface area contributed by atoms with E-state index < -0.39 is 0 Å². The van der Waals surface area contributed by atoms with E-state index in [-0.39, 0.29) is 18.9 Å². The number of rotatable bonds is 0. The molecule has 0 fully saturated rings. The molecule has 2 aliphatic carbocycles. The van der Waals surface area contributed by atoms with Gasteiger partial charge in [0.15, 0.2) is 0 Å². The molecule has 2 aliphatic rings. The van der Waals surface area contributed by atoms with Crippen molar-refractivity contribution in [2.24, 2.45) is 0 Å². The molecule has 60 valence electrons. The molecule has 0 aromatic carbocycles. The molecule has 0 aliphatic heterocycles. The molecule has 0 saturated carbocycles. The van der Waals surface area contributed by atoms with Crippen LogP contribution in [0.2, 0.25) is 0 Å². The van der Waals surface area contributed by atoms with E-state index in [1.54, 1.807) is 0 Å². The molecule has 0 radical (unpaired) electrons. The molecule has 0 saturated heterocycles. The molecule has 0 spiro atoms. The largest absolute Gasteiger partial charge is 1.00 e. The monoisotopic (exact) mass is 290 g/mol. The van der Waals surface area contributed by atoms with Gasteiger partial charge in [-0.1, -0.05) is 59.0 Å². The molecular formula is C10H5Br2Li. The fourth-order valence-electron chi connectivity index (χ4n) is 1.16. The third-order valence-electron chi connectivity index (χ3n) is 1.73. The Bertz CT molecular complexity index is 353. The maximum atomic E-state index is 3.45. The van der Waals surface area contributed by atoms with Crippen molar-refractivity contribution in [1.29, 1.82) is 0 Å². The van der Waals surface area contributed by atoms with Crippen LogP contribution < -0.4 is 18.9 Å². The van der Waals surface area contributed by atoms with Gasteiger partial charge in [-0.2, -0.15) is 17.2 Å². The van der Waals surface area contributed by atoms with Crippen LogP contribution in [0, 0.1) is 6.07 Å². The molecule has 13 heavy (non-hydrogen) atoms. The number of hydrogen-bond donors (Lipinski definition) is 0. The minimum atomic E-state index is 0. The van der Waals surface area contributed by atoms with Crippen molar-refractivity contribution in [3.63, 3.8) is 0 Å². The van der Waals surface area contributed by atoms with Crippen LogP contribution in [0.5, 0.6) is 0 Å². The van der Waals surface area contributed by atoms with E-state index in [1.165, 1.54) is 11.1 Å². The summed E-state index contributed by atoms with van der Waals surface area (Å²) in [5, 5.41) is 0. The average molecular weight is 292 g/mol. The summed E-state index contributed by atoms with van der Waals surface area (Å²) in [6.45, 7) is 0. The van der Waals surface area contributed by atoms with Crippen molar-refractivity contribution in [1.82, 2.24) is 0 Å². The maximum absolute atomic E-state index is 3.45. The van der Waals surface area contributed by atoms with Crippen LogP contribution in [-0.2, 0) is 0 Å². The van der Waals surface area contributed by atoms with E-state index in [0.717, 1.165) is 8.95 Å². The first-order valence-corrected chi connectivity index (χ1v) is 5.12. The zero-order valence-electron chi connectivity index (χ0n) is 7.14. The molecule has 0 aromatic heterocycles. The summed E-state index contributed by atoms with van der Waals surface area (Å²) in [6.07, 6.45) is 0. The summed E-state index contributed by atoms with van der Waals surface area (Å²) in [5.74, 6) is 0. The van der Waals surface area contributed by atoms with Crippen LogP contribution in [0.15, 0.2) is 39.3 Å². The normalized spacial score (nSPS) is 9.69. The second-order valence-corrected chi connectivity index (χ2v) is 4.08. The zero-order chi connectivity index (χ0) is 8.55. The van der Waals surface area contributed by atoms with Crippen molar-refractivity contribution < 1.29 is 18.9 Å². The van der Waals surface area contributed by atoms with Gasteiger partial charge in [0.25, 0.3) is 0 Å². The second kappa shape index (κ2) is 4.66. The third kappa shape index (κ3) is 2.19. The summed E-state index contributed by atoms with van der Waals surface area (Å²) in [7, 11) is 0. The van der Waals surface area contributed by atoms with Crippen molar-refractivity contribution in [3.8, 4) is 11.1 Å². The van der Waals surface area contributed by atoms with E-state index in [4.69, 9.17) is 0 Å². The Morgan fingerprint density at radius 3 is 1.77 bits per heavy atom. The third-order valence-corrected chi connectivity index (χ3v) is 2.98. The van der Waals surface area contributed by atoms with Crippen molar-refractivity contribution in [2.45, 2.75) is 0 Å². The SMILES string of the molecule is Brc1[c-]c(Br)c2cccccc1-2.[Li+]. The minimum Gasteiger partial charge on any atom is -0.156 e. The van der Waals surface area contributed by atoms with Gasteiger partial charge in [0.2, 0.25) is 0 Å². The fraction of sp³-hybridized carbons (Fsp3) is 0. The Kier molecular flexibility index (Phi) is 4.06. The Morgan fingerprint density at radius 1 is 0.846 bits per heavy atom. The Hall–Kier alpha value is 0.257. The van der Waals surface area contributed by atoms with Crippen LogP contribution in [0.1, 0.15) is 0 Å². The predicted molar refractivity (Wildman–Crippen MR) is 57.3 cm³/mol. The Labute approximate surface area is 107 Å². The molecular weight excluding hydrogens is 287 g/mol. The van der Waals surface area contributed by atoms with Gasteiger partial charge < -0.3 is 0 Å². The molecule has 2 rings (SSSR count). The summed E-state index contributed by atoms with van der Waals surface area (Å²) >= 11 is 6.91.